The van der Waals surface area contributed by atoms with Crippen LogP contribution >= 0.6 is 11.6 Å². The quantitative estimate of drug-likeness (QED) is 0.911. The minimum atomic E-state index is 0.144. The summed E-state index contributed by atoms with van der Waals surface area (Å²) in [7, 11) is 0. The topological polar surface area (TPSA) is 46.3 Å². The molecular formula is C16H21ClN2O. The molecule has 0 radical (unpaired) electrons. The third-order valence-corrected chi connectivity index (χ3v) is 4.82. The summed E-state index contributed by atoms with van der Waals surface area (Å²) < 4.78 is 0. The third kappa shape index (κ3) is 2.70. The van der Waals surface area contributed by atoms with E-state index in [9.17, 15) is 4.79 Å². The van der Waals surface area contributed by atoms with E-state index >= 15 is 0 Å². The van der Waals surface area contributed by atoms with Crippen LogP contribution in [0.2, 0.25) is 5.02 Å². The zero-order valence-corrected chi connectivity index (χ0v) is 12.5. The maximum atomic E-state index is 12.6. The fraction of sp³-hybridized carbons (Fsp3) is 0.562. The summed E-state index contributed by atoms with van der Waals surface area (Å²) in [6.07, 6.45) is 2.79. The maximum Gasteiger partial charge on any atom is 0.226 e. The molecule has 2 fully saturated rings. The first-order valence-electron chi connectivity index (χ1n) is 7.38. The Morgan fingerprint density at radius 3 is 2.90 bits per heavy atom. The van der Waals surface area contributed by atoms with Gasteiger partial charge >= 0.3 is 0 Å². The van der Waals surface area contributed by atoms with Gasteiger partial charge in [0, 0.05) is 29.6 Å². The van der Waals surface area contributed by atoms with Crippen LogP contribution in [0.15, 0.2) is 24.3 Å². The van der Waals surface area contributed by atoms with Gasteiger partial charge in [0.1, 0.15) is 0 Å². The first-order valence-corrected chi connectivity index (χ1v) is 7.75. The van der Waals surface area contributed by atoms with E-state index in [1.165, 1.54) is 5.56 Å². The molecule has 1 heterocycles. The number of piperidine rings is 1. The molecular weight excluding hydrogens is 272 g/mol. The predicted molar refractivity (Wildman–Crippen MR) is 80.7 cm³/mol. The fourth-order valence-electron chi connectivity index (χ4n) is 3.32. The second-order valence-electron chi connectivity index (χ2n) is 6.17. The molecule has 3 rings (SSSR count). The minimum absolute atomic E-state index is 0.144. The summed E-state index contributed by atoms with van der Waals surface area (Å²) in [4.78, 5) is 14.6. The second-order valence-corrected chi connectivity index (χ2v) is 6.61. The molecule has 1 aliphatic heterocycles. The van der Waals surface area contributed by atoms with Crippen molar-refractivity contribution >= 4 is 17.5 Å². The molecule has 1 aromatic rings. The summed E-state index contributed by atoms with van der Waals surface area (Å²) in [5.41, 5.74) is 7.15. The van der Waals surface area contributed by atoms with Crippen LogP contribution in [0.25, 0.3) is 0 Å². The normalized spacial score (nSPS) is 33.0. The molecule has 2 aliphatic rings. The van der Waals surface area contributed by atoms with E-state index in [4.69, 9.17) is 17.3 Å². The van der Waals surface area contributed by atoms with Gasteiger partial charge in [-0.05, 0) is 49.8 Å². The molecule has 0 aromatic heterocycles. The lowest BCUT2D eigenvalue weighted by Gasteiger charge is -2.36. The van der Waals surface area contributed by atoms with E-state index in [-0.39, 0.29) is 18.0 Å². The molecule has 1 aromatic carbocycles. The van der Waals surface area contributed by atoms with E-state index < -0.39 is 0 Å². The van der Waals surface area contributed by atoms with Crippen molar-refractivity contribution in [2.24, 2.45) is 11.7 Å². The lowest BCUT2D eigenvalue weighted by Crippen LogP contribution is -2.49. The van der Waals surface area contributed by atoms with Crippen LogP contribution in [0.1, 0.15) is 37.7 Å². The molecule has 0 unspecified atom stereocenters. The highest BCUT2D eigenvalue weighted by molar-refractivity contribution is 6.30. The number of hydrogen-bond donors (Lipinski definition) is 1. The lowest BCUT2D eigenvalue weighted by atomic mass is 9.98. The Balaban J connectivity index is 1.65. The van der Waals surface area contributed by atoms with Crippen molar-refractivity contribution in [1.29, 1.82) is 0 Å². The number of hydrogen-bond acceptors (Lipinski definition) is 2. The summed E-state index contributed by atoms with van der Waals surface area (Å²) in [6, 6.07) is 8.40. The lowest BCUT2D eigenvalue weighted by molar-refractivity contribution is -0.136. The zero-order valence-electron chi connectivity index (χ0n) is 11.8. The largest absolute Gasteiger partial charge is 0.340 e. The van der Waals surface area contributed by atoms with Crippen molar-refractivity contribution in [2.75, 3.05) is 6.54 Å². The predicted octanol–water partition coefficient (Wildman–Crippen LogP) is 2.78. The smallest absolute Gasteiger partial charge is 0.226 e. The SMILES string of the molecule is C[C@@H]1C[C@H](N)CCN1C(=O)[C@@H]1C[C@H]1c1cccc(Cl)c1. The van der Waals surface area contributed by atoms with Gasteiger partial charge in [-0.3, -0.25) is 4.79 Å². The first kappa shape index (κ1) is 13.9. The summed E-state index contributed by atoms with van der Waals surface area (Å²) in [5.74, 6) is 0.795. The maximum absolute atomic E-state index is 12.6. The first-order chi connectivity index (χ1) is 9.56. The molecule has 1 saturated carbocycles. The Hall–Kier alpha value is -1.06. The standard InChI is InChI=1S/C16H21ClN2O/c1-10-7-13(18)5-6-19(10)16(20)15-9-14(15)11-3-2-4-12(17)8-11/h2-4,8,10,13-15H,5-7,9,18H2,1H3/t10-,13-,14+,15-/m1/s1. The molecule has 0 spiro atoms. The Morgan fingerprint density at radius 2 is 2.20 bits per heavy atom. The van der Waals surface area contributed by atoms with Gasteiger partial charge in [0.05, 0.1) is 0 Å². The highest BCUT2D eigenvalue weighted by Gasteiger charge is 2.47. The van der Waals surface area contributed by atoms with Crippen molar-refractivity contribution < 1.29 is 4.79 Å². The summed E-state index contributed by atoms with van der Waals surface area (Å²) in [6.45, 7) is 2.91. The number of benzene rings is 1. The van der Waals surface area contributed by atoms with E-state index in [0.29, 0.717) is 11.8 Å². The van der Waals surface area contributed by atoms with Crippen molar-refractivity contribution in [3.8, 4) is 0 Å². The molecule has 2 N–H and O–H groups in total. The molecule has 4 atom stereocenters. The van der Waals surface area contributed by atoms with Gasteiger partial charge < -0.3 is 10.6 Å². The third-order valence-electron chi connectivity index (χ3n) is 4.58. The monoisotopic (exact) mass is 292 g/mol. The molecule has 20 heavy (non-hydrogen) atoms. The number of carbonyl (C=O) groups is 1. The van der Waals surface area contributed by atoms with Crippen LogP contribution in [-0.2, 0) is 4.79 Å². The highest BCUT2D eigenvalue weighted by Crippen LogP contribution is 2.49. The molecule has 1 saturated heterocycles. The molecule has 3 nitrogen and oxygen atoms in total. The van der Waals surface area contributed by atoms with Crippen molar-refractivity contribution in [3.05, 3.63) is 34.9 Å². The van der Waals surface area contributed by atoms with E-state index in [0.717, 1.165) is 30.8 Å². The van der Waals surface area contributed by atoms with Crippen LogP contribution in [0.4, 0.5) is 0 Å². The van der Waals surface area contributed by atoms with Gasteiger partial charge in [0.2, 0.25) is 5.91 Å². The number of nitrogens with zero attached hydrogens (tertiary/aromatic N) is 1. The highest BCUT2D eigenvalue weighted by atomic mass is 35.5. The summed E-state index contributed by atoms with van der Waals surface area (Å²) >= 11 is 6.02. The average Bonchev–Trinajstić information content (AvgIpc) is 3.18. The Morgan fingerprint density at radius 1 is 1.40 bits per heavy atom. The van der Waals surface area contributed by atoms with Crippen LogP contribution in [-0.4, -0.2) is 29.4 Å². The number of likely N-dealkylation sites (tertiary alicyclic amines) is 1. The number of amides is 1. The van der Waals surface area contributed by atoms with Gasteiger partial charge in [-0.2, -0.15) is 0 Å². The Labute approximate surface area is 125 Å². The molecule has 4 heteroatoms. The van der Waals surface area contributed by atoms with Crippen LogP contribution in [0.3, 0.4) is 0 Å². The van der Waals surface area contributed by atoms with Crippen LogP contribution in [0, 0.1) is 5.92 Å². The van der Waals surface area contributed by atoms with Crippen LogP contribution in [0.5, 0.6) is 0 Å². The average molecular weight is 293 g/mol. The Bertz CT molecular complexity index is 519. The molecule has 1 amide bonds. The number of rotatable bonds is 2. The zero-order chi connectivity index (χ0) is 14.3. The number of carbonyl (C=O) groups excluding carboxylic acids is 1. The molecule has 1 aliphatic carbocycles. The Kier molecular flexibility index (Phi) is 3.74. The van der Waals surface area contributed by atoms with Crippen LogP contribution < -0.4 is 5.73 Å². The van der Waals surface area contributed by atoms with Gasteiger partial charge in [-0.25, -0.2) is 0 Å². The number of nitrogens with two attached hydrogens (primary N) is 1. The molecule has 108 valence electrons. The molecule has 0 bridgehead atoms. The number of halogens is 1. The summed E-state index contributed by atoms with van der Waals surface area (Å²) in [5, 5.41) is 0.748. The van der Waals surface area contributed by atoms with Gasteiger partial charge in [0.15, 0.2) is 0 Å². The van der Waals surface area contributed by atoms with E-state index in [1.54, 1.807) is 0 Å². The van der Waals surface area contributed by atoms with Crippen molar-refractivity contribution in [1.82, 2.24) is 4.90 Å². The van der Waals surface area contributed by atoms with Gasteiger partial charge in [0.25, 0.3) is 0 Å². The van der Waals surface area contributed by atoms with Crippen molar-refractivity contribution in [2.45, 2.75) is 44.2 Å². The van der Waals surface area contributed by atoms with E-state index in [1.807, 2.05) is 23.1 Å². The fourth-order valence-corrected chi connectivity index (χ4v) is 3.52. The van der Waals surface area contributed by atoms with Crippen molar-refractivity contribution in [3.63, 3.8) is 0 Å². The van der Waals surface area contributed by atoms with Gasteiger partial charge in [-0.15, -0.1) is 0 Å². The van der Waals surface area contributed by atoms with Gasteiger partial charge in [-0.1, -0.05) is 23.7 Å². The second kappa shape index (κ2) is 5.38. The minimum Gasteiger partial charge on any atom is -0.340 e. The van der Waals surface area contributed by atoms with E-state index in [2.05, 4.69) is 13.0 Å².